The molecule has 0 saturated heterocycles. The zero-order valence-electron chi connectivity index (χ0n) is 15.6. The molecule has 2 aromatic carbocycles. The molecule has 0 fully saturated rings. The number of hydrogen-bond acceptors (Lipinski definition) is 5. The number of sulfonamides is 1. The summed E-state index contributed by atoms with van der Waals surface area (Å²) in [6, 6.07) is 13.6. The monoisotopic (exact) mass is 426 g/mol. The molecule has 0 radical (unpaired) electrons. The van der Waals surface area contributed by atoms with E-state index in [1.807, 2.05) is 37.3 Å². The lowest BCUT2D eigenvalue weighted by Gasteiger charge is -2.09. The van der Waals surface area contributed by atoms with Gasteiger partial charge in [0.25, 0.3) is 10.0 Å². The molecule has 0 aliphatic heterocycles. The van der Waals surface area contributed by atoms with Gasteiger partial charge in [0, 0.05) is 28.8 Å². The van der Waals surface area contributed by atoms with Crippen molar-refractivity contribution in [2.24, 2.45) is 0 Å². The van der Waals surface area contributed by atoms with Crippen molar-refractivity contribution in [3.8, 4) is 0 Å². The summed E-state index contributed by atoms with van der Waals surface area (Å²) in [7, 11) is -3.76. The van der Waals surface area contributed by atoms with Gasteiger partial charge >= 0.3 is 0 Å². The molecule has 0 aliphatic rings. The van der Waals surface area contributed by atoms with E-state index in [0.29, 0.717) is 16.4 Å². The molecule has 148 valence electrons. The number of allylic oxidation sites excluding steroid dienone is 1. The first kappa shape index (κ1) is 20.6. The lowest BCUT2D eigenvalue weighted by atomic mass is 10.1. The van der Waals surface area contributed by atoms with E-state index in [-0.39, 0.29) is 10.8 Å². The topological polar surface area (TPSA) is 84.0 Å². The van der Waals surface area contributed by atoms with Crippen molar-refractivity contribution in [2.75, 3.05) is 10.0 Å². The lowest BCUT2D eigenvalue weighted by molar-refractivity contribution is 0.601. The van der Waals surface area contributed by atoms with Gasteiger partial charge in [0.1, 0.15) is 0 Å². The number of aromatic nitrogens is 2. The Kier molecular flexibility index (Phi) is 6.31. The molecule has 8 heteroatoms. The van der Waals surface area contributed by atoms with Gasteiger partial charge in [-0.1, -0.05) is 30.3 Å². The molecule has 1 aromatic heterocycles. The average Bonchev–Trinajstić information content (AvgIpc) is 2.68. The Morgan fingerprint density at radius 3 is 2.45 bits per heavy atom. The van der Waals surface area contributed by atoms with Gasteiger partial charge in [-0.25, -0.2) is 23.1 Å². The second kappa shape index (κ2) is 8.89. The molecule has 6 nitrogen and oxygen atoms in total. The van der Waals surface area contributed by atoms with Crippen LogP contribution < -0.4 is 10.0 Å². The Morgan fingerprint density at radius 1 is 1.10 bits per heavy atom. The van der Waals surface area contributed by atoms with Crippen LogP contribution in [0.4, 0.5) is 11.6 Å². The predicted octanol–water partition coefficient (Wildman–Crippen LogP) is 4.88. The summed E-state index contributed by atoms with van der Waals surface area (Å²) in [6.45, 7) is 5.95. The van der Waals surface area contributed by atoms with Crippen LogP contribution in [0.25, 0.3) is 6.08 Å². The Labute approximate surface area is 175 Å². The Morgan fingerprint density at radius 2 is 1.79 bits per heavy atom. The number of rotatable bonds is 7. The molecule has 1 heterocycles. The maximum atomic E-state index is 12.4. The zero-order valence-corrected chi connectivity index (χ0v) is 17.2. The average molecular weight is 427 g/mol. The first-order valence-corrected chi connectivity index (χ1v) is 10.5. The maximum absolute atomic E-state index is 12.4. The quantitative estimate of drug-likeness (QED) is 0.526. The first-order chi connectivity index (χ1) is 13.8. The van der Waals surface area contributed by atoms with Crippen LogP contribution in [0.3, 0.4) is 0 Å². The van der Waals surface area contributed by atoms with Gasteiger partial charge in [-0.2, -0.15) is 0 Å². The molecule has 0 amide bonds. The zero-order chi connectivity index (χ0) is 20.9. The van der Waals surface area contributed by atoms with Crippen molar-refractivity contribution in [3.63, 3.8) is 0 Å². The minimum absolute atomic E-state index is 0.0192. The smallest absolute Gasteiger partial charge is 0.264 e. The summed E-state index contributed by atoms with van der Waals surface area (Å²) in [5.41, 5.74) is 3.46. The van der Waals surface area contributed by atoms with Crippen molar-refractivity contribution in [3.05, 3.63) is 95.4 Å². The highest BCUT2D eigenvalue weighted by molar-refractivity contribution is 7.92. The van der Waals surface area contributed by atoms with Gasteiger partial charge in [-0.3, -0.25) is 0 Å². The molecule has 0 spiro atoms. The fourth-order valence-electron chi connectivity index (χ4n) is 2.49. The third kappa shape index (κ3) is 5.66. The summed E-state index contributed by atoms with van der Waals surface area (Å²) >= 11 is 5.97. The van der Waals surface area contributed by atoms with E-state index in [1.165, 1.54) is 24.5 Å². The Bertz CT molecular complexity index is 1150. The van der Waals surface area contributed by atoms with E-state index < -0.39 is 10.0 Å². The minimum Gasteiger partial charge on any atom is -0.356 e. The van der Waals surface area contributed by atoms with Crippen molar-refractivity contribution < 1.29 is 8.42 Å². The maximum Gasteiger partial charge on any atom is 0.264 e. The third-order valence-corrected chi connectivity index (χ3v) is 5.54. The van der Waals surface area contributed by atoms with Gasteiger partial charge < -0.3 is 5.32 Å². The second-order valence-corrected chi connectivity index (χ2v) is 8.31. The van der Waals surface area contributed by atoms with Crippen molar-refractivity contribution in [1.82, 2.24) is 9.97 Å². The lowest BCUT2D eigenvalue weighted by Crippen LogP contribution is -2.14. The SMILES string of the molecule is C=C(/C=C/c1ccc(Cl)cc1C)Nc1ccc(S(=O)(=O)Nc2ncccn2)cc1. The van der Waals surface area contributed by atoms with Crippen molar-refractivity contribution in [1.29, 1.82) is 0 Å². The highest BCUT2D eigenvalue weighted by Gasteiger charge is 2.15. The molecule has 0 saturated carbocycles. The standard InChI is InChI=1S/C21H19ClN4O2S/c1-15-14-18(22)7-6-17(15)5-4-16(2)25-19-8-10-20(11-9-19)29(27,28)26-21-23-12-3-13-24-21/h3-14,25H,2H2,1H3,(H,23,24,26)/b5-4+. The molecule has 0 aliphatic carbocycles. The van der Waals surface area contributed by atoms with Crippen LogP contribution in [-0.4, -0.2) is 18.4 Å². The van der Waals surface area contributed by atoms with Gasteiger partial charge in [0.2, 0.25) is 5.95 Å². The number of aryl methyl sites for hydroxylation is 1. The molecule has 2 N–H and O–H groups in total. The second-order valence-electron chi connectivity index (χ2n) is 6.19. The fourth-order valence-corrected chi connectivity index (χ4v) is 3.68. The van der Waals surface area contributed by atoms with Crippen LogP contribution in [0.2, 0.25) is 5.02 Å². The minimum atomic E-state index is -3.76. The van der Waals surface area contributed by atoms with Crippen molar-refractivity contribution in [2.45, 2.75) is 11.8 Å². The van der Waals surface area contributed by atoms with Gasteiger partial charge in [-0.15, -0.1) is 0 Å². The molecule has 0 bridgehead atoms. The summed E-state index contributed by atoms with van der Waals surface area (Å²) in [6.07, 6.45) is 6.70. The van der Waals surface area contributed by atoms with E-state index in [4.69, 9.17) is 11.6 Å². The molecular weight excluding hydrogens is 408 g/mol. The molecule has 3 aromatic rings. The largest absolute Gasteiger partial charge is 0.356 e. The van der Waals surface area contributed by atoms with Gasteiger partial charge in [-0.05, 0) is 66.6 Å². The molecule has 0 unspecified atom stereocenters. The summed E-state index contributed by atoms with van der Waals surface area (Å²) in [4.78, 5) is 7.83. The van der Waals surface area contributed by atoms with E-state index >= 15 is 0 Å². The van der Waals surface area contributed by atoms with Gasteiger partial charge in [0.15, 0.2) is 0 Å². The van der Waals surface area contributed by atoms with E-state index in [9.17, 15) is 8.42 Å². The number of halogens is 1. The molecule has 3 rings (SSSR count). The van der Waals surface area contributed by atoms with Crippen LogP contribution in [0, 0.1) is 6.92 Å². The van der Waals surface area contributed by atoms with E-state index in [1.54, 1.807) is 18.2 Å². The highest BCUT2D eigenvalue weighted by atomic mass is 35.5. The van der Waals surface area contributed by atoms with Crippen LogP contribution in [-0.2, 0) is 10.0 Å². The predicted molar refractivity (Wildman–Crippen MR) is 117 cm³/mol. The third-order valence-electron chi connectivity index (χ3n) is 3.96. The Hall–Kier alpha value is -3.16. The van der Waals surface area contributed by atoms with Gasteiger partial charge in [0.05, 0.1) is 4.90 Å². The van der Waals surface area contributed by atoms with Crippen LogP contribution >= 0.6 is 11.6 Å². The number of hydrogen-bond donors (Lipinski definition) is 2. The molecule has 0 atom stereocenters. The summed E-state index contributed by atoms with van der Waals surface area (Å²) < 4.78 is 27.1. The van der Waals surface area contributed by atoms with Crippen LogP contribution in [0.15, 0.2) is 84.2 Å². The number of nitrogens with zero attached hydrogens (tertiary/aromatic N) is 2. The van der Waals surface area contributed by atoms with Crippen LogP contribution in [0.5, 0.6) is 0 Å². The molecule has 29 heavy (non-hydrogen) atoms. The highest BCUT2D eigenvalue weighted by Crippen LogP contribution is 2.19. The fraction of sp³-hybridized carbons (Fsp3) is 0.0476. The number of anilines is 2. The Balaban J connectivity index is 1.65. The first-order valence-electron chi connectivity index (χ1n) is 8.63. The van der Waals surface area contributed by atoms with E-state index in [0.717, 1.165) is 11.1 Å². The summed E-state index contributed by atoms with van der Waals surface area (Å²) in [5.74, 6) is 0.0192. The molecular formula is C21H19ClN4O2S. The van der Waals surface area contributed by atoms with E-state index in [2.05, 4.69) is 26.6 Å². The normalized spacial score (nSPS) is 11.4. The number of nitrogens with one attached hydrogen (secondary N) is 2. The summed E-state index contributed by atoms with van der Waals surface area (Å²) in [5, 5.41) is 3.82. The van der Waals surface area contributed by atoms with Crippen LogP contribution in [0.1, 0.15) is 11.1 Å². The van der Waals surface area contributed by atoms with Crippen molar-refractivity contribution >= 4 is 39.3 Å². The number of benzene rings is 2.